The van der Waals surface area contributed by atoms with Crippen molar-refractivity contribution in [3.8, 4) is 0 Å². The number of benzene rings is 1. The van der Waals surface area contributed by atoms with Gasteiger partial charge in [-0.2, -0.15) is 0 Å². The third-order valence-electron chi connectivity index (χ3n) is 4.49. The van der Waals surface area contributed by atoms with E-state index in [0.29, 0.717) is 24.2 Å². The van der Waals surface area contributed by atoms with Gasteiger partial charge >= 0.3 is 0 Å². The van der Waals surface area contributed by atoms with Crippen LogP contribution in [0, 0.1) is 12.7 Å². The van der Waals surface area contributed by atoms with Crippen molar-refractivity contribution in [1.82, 2.24) is 20.9 Å². The van der Waals surface area contributed by atoms with Crippen LogP contribution in [0.2, 0.25) is 0 Å². The van der Waals surface area contributed by atoms with Gasteiger partial charge in [-0.05, 0) is 38.0 Å². The van der Waals surface area contributed by atoms with Crippen LogP contribution in [0.1, 0.15) is 29.3 Å². The number of halogens is 2. The fourth-order valence-corrected chi connectivity index (χ4v) is 2.84. The van der Waals surface area contributed by atoms with Crippen LogP contribution in [-0.2, 0) is 4.74 Å². The monoisotopic (exact) mass is 521 g/mol. The molecule has 164 valence electrons. The molecular formula is C20H33FIN5O2. The number of carbonyl (C=O) groups is 1. The first kappa shape index (κ1) is 25.6. The number of aryl methyl sites for hydroxylation is 1. The average Bonchev–Trinajstić information content (AvgIpc) is 2.71. The number of hydrogen-bond acceptors (Lipinski definition) is 4. The van der Waals surface area contributed by atoms with E-state index in [1.54, 1.807) is 19.1 Å². The van der Waals surface area contributed by atoms with E-state index in [9.17, 15) is 9.18 Å². The van der Waals surface area contributed by atoms with Gasteiger partial charge in [0.15, 0.2) is 5.96 Å². The van der Waals surface area contributed by atoms with Gasteiger partial charge in [-0.3, -0.25) is 14.7 Å². The van der Waals surface area contributed by atoms with Crippen LogP contribution < -0.4 is 16.0 Å². The number of amides is 1. The van der Waals surface area contributed by atoms with Crippen molar-refractivity contribution in [1.29, 1.82) is 0 Å². The Kier molecular flexibility index (Phi) is 12.8. The Labute approximate surface area is 189 Å². The van der Waals surface area contributed by atoms with Crippen molar-refractivity contribution in [3.05, 3.63) is 35.1 Å². The van der Waals surface area contributed by atoms with Crippen LogP contribution in [-0.4, -0.2) is 75.8 Å². The SMILES string of the molecule is CCNC(=NCCCN1CCOCC1)NCCNC(=O)c1ccc(C)c(F)c1.I. The lowest BCUT2D eigenvalue weighted by Gasteiger charge is -2.26. The summed E-state index contributed by atoms with van der Waals surface area (Å²) in [6.07, 6.45) is 0.992. The normalized spacial score (nSPS) is 14.8. The van der Waals surface area contributed by atoms with Crippen LogP contribution in [0.15, 0.2) is 23.2 Å². The second-order valence-electron chi connectivity index (χ2n) is 6.71. The van der Waals surface area contributed by atoms with Gasteiger partial charge in [0.2, 0.25) is 0 Å². The molecule has 0 aliphatic carbocycles. The topological polar surface area (TPSA) is 78.0 Å². The molecule has 3 N–H and O–H groups in total. The molecule has 0 atom stereocenters. The van der Waals surface area contributed by atoms with E-state index in [4.69, 9.17) is 4.74 Å². The van der Waals surface area contributed by atoms with Gasteiger partial charge < -0.3 is 20.7 Å². The maximum atomic E-state index is 13.6. The zero-order valence-corrected chi connectivity index (χ0v) is 19.6. The minimum atomic E-state index is -0.371. The molecule has 0 aromatic heterocycles. The van der Waals surface area contributed by atoms with Gasteiger partial charge in [-0.1, -0.05) is 6.07 Å². The molecule has 1 aromatic rings. The van der Waals surface area contributed by atoms with Crippen molar-refractivity contribution in [2.75, 3.05) is 59.0 Å². The van der Waals surface area contributed by atoms with Gasteiger partial charge in [0, 0.05) is 51.4 Å². The Morgan fingerprint density at radius 2 is 1.93 bits per heavy atom. The van der Waals surface area contributed by atoms with E-state index in [-0.39, 0.29) is 35.7 Å². The molecule has 0 saturated carbocycles. The summed E-state index contributed by atoms with van der Waals surface area (Å²) in [5.74, 6) is 0.0812. The molecule has 29 heavy (non-hydrogen) atoms. The smallest absolute Gasteiger partial charge is 0.251 e. The van der Waals surface area contributed by atoms with Crippen LogP contribution in [0.3, 0.4) is 0 Å². The number of morpholine rings is 1. The van der Waals surface area contributed by atoms with Crippen molar-refractivity contribution >= 4 is 35.8 Å². The third-order valence-corrected chi connectivity index (χ3v) is 4.49. The van der Waals surface area contributed by atoms with E-state index in [2.05, 4.69) is 25.8 Å². The zero-order chi connectivity index (χ0) is 20.2. The van der Waals surface area contributed by atoms with E-state index in [0.717, 1.165) is 58.3 Å². The van der Waals surface area contributed by atoms with Gasteiger partial charge in [0.1, 0.15) is 5.82 Å². The minimum absolute atomic E-state index is 0. The molecule has 0 bridgehead atoms. The number of hydrogen-bond donors (Lipinski definition) is 3. The first-order valence-electron chi connectivity index (χ1n) is 9.96. The highest BCUT2D eigenvalue weighted by Crippen LogP contribution is 2.08. The molecular weight excluding hydrogens is 488 g/mol. The predicted molar refractivity (Wildman–Crippen MR) is 125 cm³/mol. The molecule has 0 spiro atoms. The second kappa shape index (κ2) is 14.5. The summed E-state index contributed by atoms with van der Waals surface area (Å²) in [5, 5.41) is 9.18. The maximum Gasteiger partial charge on any atom is 0.251 e. The maximum absolute atomic E-state index is 13.6. The fraction of sp³-hybridized carbons (Fsp3) is 0.600. The quantitative estimate of drug-likeness (QED) is 0.200. The van der Waals surface area contributed by atoms with E-state index in [1.807, 2.05) is 6.92 Å². The van der Waals surface area contributed by atoms with Gasteiger partial charge in [0.25, 0.3) is 5.91 Å². The molecule has 0 radical (unpaired) electrons. The summed E-state index contributed by atoms with van der Waals surface area (Å²) >= 11 is 0. The standard InChI is InChI=1S/C20H32FN5O2.HI/c1-3-22-20(24-7-4-10-26-11-13-28-14-12-26)25-9-8-23-19(27)17-6-5-16(2)18(21)15-17;/h5-6,15H,3-4,7-14H2,1-2H3,(H,23,27)(H2,22,24,25);1H. The Bertz CT molecular complexity index is 654. The summed E-state index contributed by atoms with van der Waals surface area (Å²) in [6, 6.07) is 4.49. The van der Waals surface area contributed by atoms with Gasteiger partial charge in [-0.15, -0.1) is 24.0 Å². The third kappa shape index (κ3) is 9.72. The molecule has 1 heterocycles. The van der Waals surface area contributed by atoms with Crippen molar-refractivity contribution in [2.45, 2.75) is 20.3 Å². The molecule has 9 heteroatoms. The van der Waals surface area contributed by atoms with E-state index < -0.39 is 0 Å². The molecule has 1 aromatic carbocycles. The first-order chi connectivity index (χ1) is 13.6. The second-order valence-corrected chi connectivity index (χ2v) is 6.71. The van der Waals surface area contributed by atoms with Crippen LogP contribution in [0.5, 0.6) is 0 Å². The Morgan fingerprint density at radius 3 is 2.62 bits per heavy atom. The lowest BCUT2D eigenvalue weighted by atomic mass is 10.1. The van der Waals surface area contributed by atoms with Crippen LogP contribution in [0.25, 0.3) is 0 Å². The highest BCUT2D eigenvalue weighted by Gasteiger charge is 2.09. The largest absolute Gasteiger partial charge is 0.379 e. The molecule has 1 fully saturated rings. The number of guanidine groups is 1. The fourth-order valence-electron chi connectivity index (χ4n) is 2.84. The summed E-state index contributed by atoms with van der Waals surface area (Å²) < 4.78 is 18.9. The predicted octanol–water partition coefficient (Wildman–Crippen LogP) is 1.76. The summed E-state index contributed by atoms with van der Waals surface area (Å²) in [4.78, 5) is 19.0. The minimum Gasteiger partial charge on any atom is -0.379 e. The summed E-state index contributed by atoms with van der Waals surface area (Å²) in [5.41, 5.74) is 0.852. The molecule has 7 nitrogen and oxygen atoms in total. The zero-order valence-electron chi connectivity index (χ0n) is 17.3. The van der Waals surface area contributed by atoms with Crippen LogP contribution >= 0.6 is 24.0 Å². The number of nitrogens with one attached hydrogen (secondary N) is 3. The van der Waals surface area contributed by atoms with Crippen molar-refractivity contribution < 1.29 is 13.9 Å². The molecule has 1 aliphatic heterocycles. The number of rotatable bonds is 9. The number of aliphatic imine (C=N–C) groups is 1. The van der Waals surface area contributed by atoms with Crippen molar-refractivity contribution in [2.24, 2.45) is 4.99 Å². The highest BCUT2D eigenvalue weighted by molar-refractivity contribution is 14.0. The van der Waals surface area contributed by atoms with E-state index in [1.165, 1.54) is 6.07 Å². The Hall–Kier alpha value is -1.46. The van der Waals surface area contributed by atoms with Crippen LogP contribution in [0.4, 0.5) is 4.39 Å². The summed E-state index contributed by atoms with van der Waals surface area (Å²) in [6.45, 7) is 10.8. The van der Waals surface area contributed by atoms with E-state index >= 15 is 0 Å². The lowest BCUT2D eigenvalue weighted by Crippen LogP contribution is -2.41. The highest BCUT2D eigenvalue weighted by atomic mass is 127. The Balaban J connectivity index is 0.00000420. The molecule has 1 amide bonds. The lowest BCUT2D eigenvalue weighted by molar-refractivity contribution is 0.0377. The number of nitrogens with zero attached hydrogens (tertiary/aromatic N) is 2. The number of ether oxygens (including phenoxy) is 1. The molecule has 1 aliphatic rings. The molecule has 1 saturated heterocycles. The van der Waals surface area contributed by atoms with Gasteiger partial charge in [0.05, 0.1) is 13.2 Å². The molecule has 2 rings (SSSR count). The summed E-state index contributed by atoms with van der Waals surface area (Å²) in [7, 11) is 0. The van der Waals surface area contributed by atoms with Crippen molar-refractivity contribution in [3.63, 3.8) is 0 Å². The number of carbonyl (C=O) groups excluding carboxylic acids is 1. The van der Waals surface area contributed by atoms with Gasteiger partial charge in [-0.25, -0.2) is 4.39 Å². The first-order valence-corrected chi connectivity index (χ1v) is 9.96. The average molecular weight is 521 g/mol. The Morgan fingerprint density at radius 1 is 1.21 bits per heavy atom. The molecule has 0 unspecified atom stereocenters.